The van der Waals surface area contributed by atoms with E-state index in [9.17, 15) is 4.79 Å². The molecule has 76 valence electrons. The summed E-state index contributed by atoms with van der Waals surface area (Å²) in [4.78, 5) is 16.9. The second kappa shape index (κ2) is 4.13. The molecule has 2 aromatic heterocycles. The van der Waals surface area contributed by atoms with Crippen LogP contribution in [0.1, 0.15) is 20.8 Å². The highest BCUT2D eigenvalue weighted by molar-refractivity contribution is 7.10. The van der Waals surface area contributed by atoms with Gasteiger partial charge in [-0.3, -0.25) is 9.78 Å². The number of hydrogen-bond acceptors (Lipinski definition) is 3. The van der Waals surface area contributed by atoms with Crippen molar-refractivity contribution in [1.29, 1.82) is 0 Å². The minimum Gasteiger partial charge on any atom is -0.289 e. The molecule has 0 fully saturated rings. The van der Waals surface area contributed by atoms with Gasteiger partial charge in [0, 0.05) is 33.8 Å². The minimum atomic E-state index is -0.0493. The van der Waals surface area contributed by atoms with E-state index in [0.717, 1.165) is 4.88 Å². The Morgan fingerprint density at radius 2 is 2.33 bits per heavy atom. The molecule has 0 N–H and O–H groups in total. The predicted octanol–water partition coefficient (Wildman–Crippen LogP) is 3.34. The fourth-order valence-electron chi connectivity index (χ4n) is 1.28. The Bertz CT molecular complexity index is 507. The first-order valence-corrected chi connectivity index (χ1v) is 5.63. The first kappa shape index (κ1) is 10.3. The van der Waals surface area contributed by atoms with Gasteiger partial charge in [0.25, 0.3) is 0 Å². The van der Waals surface area contributed by atoms with E-state index >= 15 is 0 Å². The number of pyridine rings is 1. The number of aromatic nitrogens is 1. The van der Waals surface area contributed by atoms with Gasteiger partial charge in [0.05, 0.1) is 5.02 Å². The van der Waals surface area contributed by atoms with Crippen molar-refractivity contribution in [2.24, 2.45) is 0 Å². The van der Waals surface area contributed by atoms with Gasteiger partial charge < -0.3 is 0 Å². The largest absolute Gasteiger partial charge is 0.289 e. The number of thiophene rings is 1. The Balaban J connectivity index is 2.41. The summed E-state index contributed by atoms with van der Waals surface area (Å²) in [5.74, 6) is -0.0493. The molecule has 0 saturated carbocycles. The number of carbonyl (C=O) groups is 1. The number of aryl methyl sites for hydroxylation is 1. The number of halogens is 1. The molecule has 15 heavy (non-hydrogen) atoms. The van der Waals surface area contributed by atoms with Gasteiger partial charge in [-0.1, -0.05) is 11.6 Å². The van der Waals surface area contributed by atoms with Gasteiger partial charge in [-0.15, -0.1) is 11.3 Å². The summed E-state index contributed by atoms with van der Waals surface area (Å²) >= 11 is 7.45. The maximum absolute atomic E-state index is 12.0. The van der Waals surface area contributed by atoms with E-state index in [1.165, 1.54) is 6.20 Å². The molecule has 2 rings (SSSR count). The molecular formula is C11H8ClNOS. The van der Waals surface area contributed by atoms with Crippen LogP contribution in [0.5, 0.6) is 0 Å². The highest BCUT2D eigenvalue weighted by atomic mass is 35.5. The zero-order valence-corrected chi connectivity index (χ0v) is 9.60. The maximum Gasteiger partial charge on any atom is 0.195 e. The highest BCUT2D eigenvalue weighted by Gasteiger charge is 2.13. The molecule has 0 bridgehead atoms. The highest BCUT2D eigenvalue weighted by Crippen LogP contribution is 2.21. The van der Waals surface area contributed by atoms with Crippen LogP contribution < -0.4 is 0 Å². The van der Waals surface area contributed by atoms with Gasteiger partial charge in [0.15, 0.2) is 5.78 Å². The molecule has 2 nitrogen and oxygen atoms in total. The number of nitrogens with zero attached hydrogens (tertiary/aromatic N) is 1. The van der Waals surface area contributed by atoms with Gasteiger partial charge in [0.2, 0.25) is 0 Å². The lowest BCUT2D eigenvalue weighted by molar-refractivity contribution is 0.103. The van der Waals surface area contributed by atoms with Gasteiger partial charge in [-0.25, -0.2) is 0 Å². The van der Waals surface area contributed by atoms with Crippen molar-refractivity contribution in [1.82, 2.24) is 4.98 Å². The lowest BCUT2D eigenvalue weighted by Crippen LogP contribution is -2.00. The Kier molecular flexibility index (Phi) is 2.84. The summed E-state index contributed by atoms with van der Waals surface area (Å²) in [6.07, 6.45) is 3.05. The molecule has 0 atom stereocenters. The van der Waals surface area contributed by atoms with E-state index in [0.29, 0.717) is 16.1 Å². The van der Waals surface area contributed by atoms with Crippen molar-refractivity contribution in [3.05, 3.63) is 50.9 Å². The maximum atomic E-state index is 12.0. The Labute approximate surface area is 96.5 Å². The van der Waals surface area contributed by atoms with Crippen LogP contribution in [0.4, 0.5) is 0 Å². The molecule has 0 amide bonds. The third-order valence-electron chi connectivity index (χ3n) is 2.01. The Hall–Kier alpha value is -1.19. The molecule has 0 aliphatic carbocycles. The van der Waals surface area contributed by atoms with Crippen molar-refractivity contribution < 1.29 is 4.79 Å². The van der Waals surface area contributed by atoms with Crippen LogP contribution in [0.2, 0.25) is 5.02 Å². The molecule has 0 aromatic carbocycles. The van der Waals surface area contributed by atoms with E-state index in [1.807, 2.05) is 18.4 Å². The summed E-state index contributed by atoms with van der Waals surface area (Å²) < 4.78 is 0. The molecule has 0 aliphatic heterocycles. The second-order valence-corrected chi connectivity index (χ2v) is 4.65. The summed E-state index contributed by atoms with van der Waals surface area (Å²) in [5.41, 5.74) is 1.19. The van der Waals surface area contributed by atoms with Crippen LogP contribution in [0.3, 0.4) is 0 Å². The van der Waals surface area contributed by atoms with E-state index < -0.39 is 0 Å². The van der Waals surface area contributed by atoms with Crippen molar-refractivity contribution in [3.63, 3.8) is 0 Å². The van der Waals surface area contributed by atoms with Crippen LogP contribution in [-0.4, -0.2) is 10.8 Å². The number of ketones is 1. The zero-order valence-electron chi connectivity index (χ0n) is 8.03. The van der Waals surface area contributed by atoms with Crippen molar-refractivity contribution in [3.8, 4) is 0 Å². The normalized spacial score (nSPS) is 10.3. The Morgan fingerprint density at radius 3 is 2.93 bits per heavy atom. The first-order chi connectivity index (χ1) is 7.18. The zero-order chi connectivity index (χ0) is 10.8. The van der Waals surface area contributed by atoms with Gasteiger partial charge in [-0.05, 0) is 19.1 Å². The third kappa shape index (κ3) is 2.08. The monoisotopic (exact) mass is 237 g/mol. The van der Waals surface area contributed by atoms with Crippen molar-refractivity contribution in [2.45, 2.75) is 6.92 Å². The van der Waals surface area contributed by atoms with E-state index in [2.05, 4.69) is 4.98 Å². The number of carbonyl (C=O) groups excluding carboxylic acids is 1. The minimum absolute atomic E-state index is 0.0493. The van der Waals surface area contributed by atoms with Crippen LogP contribution >= 0.6 is 22.9 Å². The molecule has 4 heteroatoms. The summed E-state index contributed by atoms with van der Waals surface area (Å²) in [6.45, 7) is 1.97. The fourth-order valence-corrected chi connectivity index (χ4v) is 2.17. The predicted molar refractivity (Wildman–Crippen MR) is 61.7 cm³/mol. The Morgan fingerprint density at radius 1 is 1.53 bits per heavy atom. The second-order valence-electron chi connectivity index (χ2n) is 3.13. The van der Waals surface area contributed by atoms with Crippen molar-refractivity contribution >= 4 is 28.7 Å². The van der Waals surface area contributed by atoms with Crippen LogP contribution in [-0.2, 0) is 0 Å². The van der Waals surface area contributed by atoms with Gasteiger partial charge in [-0.2, -0.15) is 0 Å². The number of rotatable bonds is 2. The molecular weight excluding hydrogens is 230 g/mol. The van der Waals surface area contributed by atoms with Gasteiger partial charge in [0.1, 0.15) is 0 Å². The molecule has 0 aliphatic rings. The molecule has 2 aromatic rings. The SMILES string of the molecule is Cc1cc(C(=O)c2ccncc2Cl)cs1. The van der Waals surface area contributed by atoms with Crippen molar-refractivity contribution in [2.75, 3.05) is 0 Å². The average Bonchev–Trinajstić information content (AvgIpc) is 2.65. The smallest absolute Gasteiger partial charge is 0.195 e. The summed E-state index contributed by atoms with van der Waals surface area (Å²) in [6, 6.07) is 3.50. The molecule has 0 radical (unpaired) electrons. The fraction of sp³-hybridized carbons (Fsp3) is 0.0909. The molecule has 0 unspecified atom stereocenters. The van der Waals surface area contributed by atoms with E-state index in [1.54, 1.807) is 23.6 Å². The summed E-state index contributed by atoms with van der Waals surface area (Å²) in [7, 11) is 0. The van der Waals surface area contributed by atoms with E-state index in [-0.39, 0.29) is 5.78 Å². The first-order valence-electron chi connectivity index (χ1n) is 4.38. The lowest BCUT2D eigenvalue weighted by Gasteiger charge is -1.99. The van der Waals surface area contributed by atoms with E-state index in [4.69, 9.17) is 11.6 Å². The molecule has 0 spiro atoms. The number of hydrogen-bond donors (Lipinski definition) is 0. The quantitative estimate of drug-likeness (QED) is 0.750. The lowest BCUT2D eigenvalue weighted by atomic mass is 10.1. The van der Waals surface area contributed by atoms with Crippen LogP contribution in [0, 0.1) is 6.92 Å². The molecule has 2 heterocycles. The van der Waals surface area contributed by atoms with Crippen LogP contribution in [0.15, 0.2) is 29.9 Å². The third-order valence-corrected chi connectivity index (χ3v) is 3.17. The average molecular weight is 238 g/mol. The molecule has 0 saturated heterocycles. The summed E-state index contributed by atoms with van der Waals surface area (Å²) in [5, 5.41) is 2.24. The standard InChI is InChI=1S/C11H8ClNOS/c1-7-4-8(6-15-7)11(14)9-2-3-13-5-10(9)12/h2-6H,1H3. The van der Waals surface area contributed by atoms with Crippen LogP contribution in [0.25, 0.3) is 0 Å². The van der Waals surface area contributed by atoms with Gasteiger partial charge >= 0.3 is 0 Å². The topological polar surface area (TPSA) is 30.0 Å².